The maximum atomic E-state index is 10.0. The molecule has 0 unspecified atom stereocenters. The number of carbonyl (C=O) groups is 1. The summed E-state index contributed by atoms with van der Waals surface area (Å²) in [4.78, 5) is 10.0. The Morgan fingerprint density at radius 3 is 2.78 bits per heavy atom. The molecular weight excluding hydrogens is 233 g/mol. The maximum absolute atomic E-state index is 10.0. The Bertz CT molecular complexity index is 124. The second kappa shape index (κ2) is 4.75. The van der Waals surface area contributed by atoms with Crippen molar-refractivity contribution in [2.75, 3.05) is 0 Å². The molecule has 0 aliphatic carbocycles. The van der Waals surface area contributed by atoms with Crippen LogP contribution in [0, 0.1) is 0 Å². The van der Waals surface area contributed by atoms with E-state index < -0.39 is 12.0 Å². The Morgan fingerprint density at radius 1 is 1.89 bits per heavy atom. The van der Waals surface area contributed by atoms with E-state index in [0.717, 1.165) is 0 Å². The lowest BCUT2D eigenvalue weighted by molar-refractivity contribution is -0.138. The monoisotopic (exact) mass is 241 g/mol. The van der Waals surface area contributed by atoms with Gasteiger partial charge >= 0.3 is 5.97 Å². The molecule has 52 valence electrons. The van der Waals surface area contributed by atoms with Gasteiger partial charge in [0.1, 0.15) is 6.04 Å². The van der Waals surface area contributed by atoms with Crippen LogP contribution in [0.1, 0.15) is 6.42 Å². The lowest BCUT2D eigenvalue weighted by Gasteiger charge is -1.98. The zero-order chi connectivity index (χ0) is 7.28. The maximum Gasteiger partial charge on any atom is 0.320 e. The van der Waals surface area contributed by atoms with Crippen LogP contribution in [-0.2, 0) is 4.79 Å². The molecule has 0 fully saturated rings. The van der Waals surface area contributed by atoms with Crippen LogP contribution >= 0.6 is 22.6 Å². The van der Waals surface area contributed by atoms with E-state index in [1.54, 1.807) is 10.2 Å². The summed E-state index contributed by atoms with van der Waals surface area (Å²) in [5.41, 5.74) is 5.15. The van der Waals surface area contributed by atoms with Crippen LogP contribution in [0.4, 0.5) is 0 Å². The molecule has 0 aliphatic heterocycles. The van der Waals surface area contributed by atoms with Crippen LogP contribution in [0.3, 0.4) is 0 Å². The average Bonchev–Trinajstić information content (AvgIpc) is 1.82. The summed E-state index contributed by atoms with van der Waals surface area (Å²) >= 11 is 2.02. The number of carboxylic acid groups (broad SMARTS) is 1. The fraction of sp³-hybridized carbons (Fsp3) is 0.400. The van der Waals surface area contributed by atoms with Gasteiger partial charge in [-0.05, 0) is 10.5 Å². The van der Waals surface area contributed by atoms with Crippen LogP contribution in [0.15, 0.2) is 10.2 Å². The highest BCUT2D eigenvalue weighted by Gasteiger charge is 2.07. The standard InChI is InChI=1S/C5H8INO2/c6-3-1-2-4(7)5(8)9/h1,3-4H,2,7H2,(H,8,9)/b3-1-/t4-/m0/s1. The zero-order valence-corrected chi connectivity index (χ0v) is 6.91. The van der Waals surface area contributed by atoms with Crippen molar-refractivity contribution in [3.63, 3.8) is 0 Å². The minimum atomic E-state index is -0.954. The van der Waals surface area contributed by atoms with E-state index in [1.807, 2.05) is 22.6 Å². The molecule has 4 heteroatoms. The van der Waals surface area contributed by atoms with Gasteiger partial charge < -0.3 is 10.8 Å². The normalized spacial score (nSPS) is 14.0. The van der Waals surface area contributed by atoms with Crippen molar-refractivity contribution in [3.05, 3.63) is 10.2 Å². The van der Waals surface area contributed by atoms with Crippen molar-refractivity contribution in [3.8, 4) is 0 Å². The molecule has 9 heavy (non-hydrogen) atoms. The van der Waals surface area contributed by atoms with Crippen molar-refractivity contribution >= 4 is 28.6 Å². The summed E-state index contributed by atoms with van der Waals surface area (Å²) in [7, 11) is 0. The predicted octanol–water partition coefficient (Wildman–Crippen LogP) is 0.737. The van der Waals surface area contributed by atoms with Gasteiger partial charge in [-0.2, -0.15) is 0 Å². The third-order valence-corrected chi connectivity index (χ3v) is 1.30. The Balaban J connectivity index is 3.50. The third-order valence-electron chi connectivity index (χ3n) is 0.796. The molecule has 0 bridgehead atoms. The molecule has 0 rings (SSSR count). The number of hydrogen-bond acceptors (Lipinski definition) is 2. The summed E-state index contributed by atoms with van der Waals surface area (Å²) in [5, 5.41) is 8.25. The molecule has 0 aromatic heterocycles. The van der Waals surface area contributed by atoms with Crippen molar-refractivity contribution in [2.45, 2.75) is 12.5 Å². The zero-order valence-electron chi connectivity index (χ0n) is 4.75. The number of carboxylic acids is 1. The molecule has 0 aromatic carbocycles. The van der Waals surface area contributed by atoms with Gasteiger partial charge in [0.2, 0.25) is 0 Å². The van der Waals surface area contributed by atoms with Crippen LogP contribution in [0.25, 0.3) is 0 Å². The minimum absolute atomic E-state index is 0.401. The molecule has 0 spiro atoms. The molecule has 0 aliphatic rings. The molecule has 0 amide bonds. The number of rotatable bonds is 3. The van der Waals surface area contributed by atoms with Gasteiger partial charge in [-0.1, -0.05) is 28.7 Å². The first kappa shape index (κ1) is 8.90. The predicted molar refractivity (Wildman–Crippen MR) is 43.4 cm³/mol. The van der Waals surface area contributed by atoms with Gasteiger partial charge in [0, 0.05) is 0 Å². The minimum Gasteiger partial charge on any atom is -0.480 e. The van der Waals surface area contributed by atoms with Gasteiger partial charge in [-0.15, -0.1) is 0 Å². The van der Waals surface area contributed by atoms with E-state index in [0.29, 0.717) is 6.42 Å². The Morgan fingerprint density at radius 2 is 2.44 bits per heavy atom. The SMILES string of the molecule is N[C@@H](C/C=C\I)C(=O)O. The molecule has 0 saturated carbocycles. The molecule has 3 N–H and O–H groups in total. The van der Waals surface area contributed by atoms with Crippen LogP contribution < -0.4 is 5.73 Å². The van der Waals surface area contributed by atoms with Gasteiger partial charge in [-0.3, -0.25) is 4.79 Å². The van der Waals surface area contributed by atoms with E-state index >= 15 is 0 Å². The highest BCUT2D eigenvalue weighted by molar-refractivity contribution is 14.1. The lowest BCUT2D eigenvalue weighted by atomic mass is 10.2. The molecule has 3 nitrogen and oxygen atoms in total. The topological polar surface area (TPSA) is 63.3 Å². The molecule has 0 saturated heterocycles. The van der Waals surface area contributed by atoms with E-state index in [-0.39, 0.29) is 0 Å². The van der Waals surface area contributed by atoms with E-state index in [1.165, 1.54) is 0 Å². The Labute approximate surface area is 67.1 Å². The highest BCUT2D eigenvalue weighted by Crippen LogP contribution is 1.92. The number of aliphatic carboxylic acids is 1. The molecule has 0 aromatic rings. The highest BCUT2D eigenvalue weighted by atomic mass is 127. The first-order valence-corrected chi connectivity index (χ1v) is 3.66. The molecule has 1 atom stereocenters. The second-order valence-corrected chi connectivity index (χ2v) is 2.26. The summed E-state index contributed by atoms with van der Waals surface area (Å²) in [6.45, 7) is 0. The van der Waals surface area contributed by atoms with Crippen molar-refractivity contribution in [1.29, 1.82) is 0 Å². The van der Waals surface area contributed by atoms with Gasteiger partial charge in [0.25, 0.3) is 0 Å². The first-order valence-electron chi connectivity index (χ1n) is 2.42. The van der Waals surface area contributed by atoms with Crippen LogP contribution in [-0.4, -0.2) is 17.1 Å². The first-order chi connectivity index (χ1) is 4.18. The van der Waals surface area contributed by atoms with Crippen LogP contribution in [0.5, 0.6) is 0 Å². The number of halogens is 1. The third kappa shape index (κ3) is 4.41. The van der Waals surface area contributed by atoms with Crippen molar-refractivity contribution in [2.24, 2.45) is 5.73 Å². The summed E-state index contributed by atoms with van der Waals surface area (Å²) in [5.74, 6) is -0.954. The van der Waals surface area contributed by atoms with Crippen molar-refractivity contribution in [1.82, 2.24) is 0 Å². The molecular formula is C5H8INO2. The second-order valence-electron chi connectivity index (χ2n) is 1.54. The van der Waals surface area contributed by atoms with Crippen LogP contribution in [0.2, 0.25) is 0 Å². The number of nitrogens with two attached hydrogens (primary N) is 1. The summed E-state index contributed by atoms with van der Waals surface area (Å²) < 4.78 is 1.75. The van der Waals surface area contributed by atoms with Gasteiger partial charge in [0.15, 0.2) is 0 Å². The van der Waals surface area contributed by atoms with E-state index in [9.17, 15) is 4.79 Å². The molecule has 0 radical (unpaired) electrons. The summed E-state index contributed by atoms with van der Waals surface area (Å²) in [6.07, 6.45) is 2.12. The van der Waals surface area contributed by atoms with Gasteiger partial charge in [-0.25, -0.2) is 0 Å². The molecule has 0 heterocycles. The average molecular weight is 241 g/mol. The fourth-order valence-electron chi connectivity index (χ4n) is 0.299. The van der Waals surface area contributed by atoms with E-state index in [4.69, 9.17) is 10.8 Å². The van der Waals surface area contributed by atoms with E-state index in [2.05, 4.69) is 0 Å². The van der Waals surface area contributed by atoms with Crippen molar-refractivity contribution < 1.29 is 9.90 Å². The fourth-order valence-corrected chi connectivity index (χ4v) is 0.592. The summed E-state index contributed by atoms with van der Waals surface area (Å²) in [6, 6.07) is -0.754. The smallest absolute Gasteiger partial charge is 0.320 e. The van der Waals surface area contributed by atoms with Gasteiger partial charge in [0.05, 0.1) is 0 Å². The quantitative estimate of drug-likeness (QED) is 0.716. The lowest BCUT2D eigenvalue weighted by Crippen LogP contribution is -2.29. The Kier molecular flexibility index (Phi) is 4.70. The number of hydrogen-bond donors (Lipinski definition) is 2. The largest absolute Gasteiger partial charge is 0.480 e. The Hall–Kier alpha value is -0.100.